The number of aryl methyl sites for hydroxylation is 1. The highest BCUT2D eigenvalue weighted by Gasteiger charge is 2.04. The lowest BCUT2D eigenvalue weighted by Gasteiger charge is -2.05. The van der Waals surface area contributed by atoms with E-state index in [2.05, 4.69) is 20.8 Å². The lowest BCUT2D eigenvalue weighted by molar-refractivity contribution is 0.682. The Labute approximate surface area is 101 Å². The monoisotopic (exact) mass is 236 g/mol. The summed E-state index contributed by atoms with van der Waals surface area (Å²) < 4.78 is 12.0. The van der Waals surface area contributed by atoms with Gasteiger partial charge >= 0.3 is 0 Å². The number of rotatable bonds is 4. The molecule has 0 saturated heterocycles. The molecule has 0 bridgehead atoms. The molecule has 0 heterocycles. The van der Waals surface area contributed by atoms with Gasteiger partial charge in [-0.3, -0.25) is 4.21 Å². The first-order valence-electron chi connectivity index (χ1n) is 5.58. The molecule has 1 unspecified atom stereocenters. The predicted octanol–water partition coefficient (Wildman–Crippen LogP) is 3.85. The Morgan fingerprint density at radius 3 is 2.19 bits per heavy atom. The summed E-state index contributed by atoms with van der Waals surface area (Å²) >= 11 is 0. The van der Waals surface area contributed by atoms with Crippen LogP contribution in [0, 0.1) is 6.92 Å². The zero-order chi connectivity index (χ0) is 12.1. The molecule has 0 radical (unpaired) electrons. The van der Waals surface area contributed by atoms with E-state index < -0.39 is 10.8 Å². The highest BCUT2D eigenvalue weighted by molar-refractivity contribution is 7.85. The van der Waals surface area contributed by atoms with E-state index in [1.807, 2.05) is 31.2 Å². The van der Waals surface area contributed by atoms with Crippen molar-refractivity contribution in [2.24, 2.45) is 0 Å². The van der Waals surface area contributed by atoms with Crippen molar-refractivity contribution in [1.29, 1.82) is 0 Å². The van der Waals surface area contributed by atoms with Crippen LogP contribution in [0.25, 0.3) is 0 Å². The molecule has 1 atom stereocenters. The maximum Gasteiger partial charge on any atom is 0.0532 e. The van der Waals surface area contributed by atoms with Crippen molar-refractivity contribution in [2.45, 2.75) is 39.0 Å². The van der Waals surface area contributed by atoms with Crippen LogP contribution >= 0.6 is 0 Å². The van der Waals surface area contributed by atoms with Crippen LogP contribution < -0.4 is 0 Å². The van der Waals surface area contributed by atoms with Crippen molar-refractivity contribution in [3.8, 4) is 0 Å². The average molecular weight is 236 g/mol. The average Bonchev–Trinajstić information content (AvgIpc) is 2.26. The molecular weight excluding hydrogens is 216 g/mol. The molecule has 0 amide bonds. The van der Waals surface area contributed by atoms with Crippen LogP contribution in [-0.4, -0.2) is 9.96 Å². The van der Waals surface area contributed by atoms with Crippen LogP contribution in [0.3, 0.4) is 0 Å². The van der Waals surface area contributed by atoms with Gasteiger partial charge in [-0.2, -0.15) is 0 Å². The molecule has 0 fully saturated rings. The molecule has 1 nitrogen and oxygen atoms in total. The third-order valence-corrected chi connectivity index (χ3v) is 4.17. The molecule has 0 aromatic heterocycles. The summed E-state index contributed by atoms with van der Waals surface area (Å²) in [5.74, 6) is 0.722. The molecule has 2 heteroatoms. The van der Waals surface area contributed by atoms with E-state index >= 15 is 0 Å². The summed E-state index contributed by atoms with van der Waals surface area (Å²) in [6.07, 6.45) is 0.919. The second-order valence-electron chi connectivity index (χ2n) is 4.39. The number of hydrogen-bond acceptors (Lipinski definition) is 1. The van der Waals surface area contributed by atoms with Crippen molar-refractivity contribution < 1.29 is 4.21 Å². The zero-order valence-corrected chi connectivity index (χ0v) is 11.4. The van der Waals surface area contributed by atoms with E-state index in [4.69, 9.17) is 0 Å². The van der Waals surface area contributed by atoms with Gasteiger partial charge in [0.2, 0.25) is 0 Å². The molecule has 1 aromatic carbocycles. The standard InChI is InChI=1S/C14H20OS/c1-11(2)13(4)9-10-16(15)14-7-5-12(3)6-8-14/h5-8H,9-10H2,1-4H3. The van der Waals surface area contributed by atoms with Gasteiger partial charge in [-0.1, -0.05) is 28.8 Å². The molecule has 0 spiro atoms. The summed E-state index contributed by atoms with van der Waals surface area (Å²) in [6.45, 7) is 8.36. The number of benzene rings is 1. The van der Waals surface area contributed by atoms with Crippen molar-refractivity contribution in [3.63, 3.8) is 0 Å². The first-order chi connectivity index (χ1) is 7.50. The molecule has 0 aliphatic rings. The maximum absolute atomic E-state index is 12.0. The molecule has 0 N–H and O–H groups in total. The SMILES string of the molecule is CC(C)=C(C)CCS(=O)c1ccc(C)cc1. The highest BCUT2D eigenvalue weighted by atomic mass is 32.2. The van der Waals surface area contributed by atoms with Crippen molar-refractivity contribution >= 4 is 10.8 Å². The van der Waals surface area contributed by atoms with E-state index in [0.29, 0.717) is 0 Å². The van der Waals surface area contributed by atoms with Gasteiger partial charge in [0, 0.05) is 10.6 Å². The predicted molar refractivity (Wildman–Crippen MR) is 71.1 cm³/mol. The van der Waals surface area contributed by atoms with Crippen molar-refractivity contribution in [1.82, 2.24) is 0 Å². The Morgan fingerprint density at radius 2 is 1.69 bits per heavy atom. The highest BCUT2D eigenvalue weighted by Crippen LogP contribution is 2.13. The summed E-state index contributed by atoms with van der Waals surface area (Å²) in [7, 11) is -0.863. The summed E-state index contributed by atoms with van der Waals surface area (Å²) in [4.78, 5) is 0.937. The van der Waals surface area contributed by atoms with Crippen LogP contribution in [0.2, 0.25) is 0 Å². The summed E-state index contributed by atoms with van der Waals surface area (Å²) in [5, 5.41) is 0. The van der Waals surface area contributed by atoms with Crippen LogP contribution in [-0.2, 0) is 10.8 Å². The van der Waals surface area contributed by atoms with E-state index in [1.54, 1.807) is 0 Å². The molecule has 1 rings (SSSR count). The fourth-order valence-corrected chi connectivity index (χ4v) is 2.47. The molecule has 88 valence electrons. The molecule has 1 aromatic rings. The van der Waals surface area contributed by atoms with Crippen LogP contribution in [0.5, 0.6) is 0 Å². The normalized spacial score (nSPS) is 12.2. The van der Waals surface area contributed by atoms with Crippen LogP contribution in [0.4, 0.5) is 0 Å². The first-order valence-corrected chi connectivity index (χ1v) is 6.90. The van der Waals surface area contributed by atoms with Gasteiger partial charge < -0.3 is 0 Å². The van der Waals surface area contributed by atoms with Gasteiger partial charge in [0.15, 0.2) is 0 Å². The summed E-state index contributed by atoms with van der Waals surface area (Å²) in [6, 6.07) is 7.95. The van der Waals surface area contributed by atoms with Crippen molar-refractivity contribution in [3.05, 3.63) is 41.0 Å². The van der Waals surface area contributed by atoms with E-state index in [0.717, 1.165) is 17.1 Å². The molecule has 0 aliphatic carbocycles. The maximum atomic E-state index is 12.0. The minimum Gasteiger partial charge on any atom is -0.254 e. The lowest BCUT2D eigenvalue weighted by atomic mass is 10.1. The Morgan fingerprint density at radius 1 is 1.12 bits per heavy atom. The molecule has 0 saturated carbocycles. The van der Waals surface area contributed by atoms with Gasteiger partial charge in [-0.25, -0.2) is 0 Å². The first kappa shape index (κ1) is 13.2. The molecule has 16 heavy (non-hydrogen) atoms. The molecular formula is C14H20OS. The minimum absolute atomic E-state index is 0.722. The minimum atomic E-state index is -0.863. The number of allylic oxidation sites excluding steroid dienone is 2. The van der Waals surface area contributed by atoms with Gasteiger partial charge in [0.25, 0.3) is 0 Å². The van der Waals surface area contributed by atoms with E-state index in [9.17, 15) is 4.21 Å². The van der Waals surface area contributed by atoms with Gasteiger partial charge in [0.1, 0.15) is 0 Å². The second kappa shape index (κ2) is 6.00. The van der Waals surface area contributed by atoms with Gasteiger partial charge in [-0.15, -0.1) is 0 Å². The van der Waals surface area contributed by atoms with E-state index in [1.165, 1.54) is 16.7 Å². The van der Waals surface area contributed by atoms with E-state index in [-0.39, 0.29) is 0 Å². The van der Waals surface area contributed by atoms with Crippen LogP contribution in [0.15, 0.2) is 40.3 Å². The number of hydrogen-bond donors (Lipinski definition) is 0. The third-order valence-electron chi connectivity index (χ3n) is 2.80. The Balaban J connectivity index is 2.60. The largest absolute Gasteiger partial charge is 0.254 e. The molecule has 0 aliphatic heterocycles. The fourth-order valence-electron chi connectivity index (χ4n) is 1.30. The Hall–Kier alpha value is -0.890. The third kappa shape index (κ3) is 3.93. The topological polar surface area (TPSA) is 17.1 Å². The zero-order valence-electron chi connectivity index (χ0n) is 10.5. The van der Waals surface area contributed by atoms with Gasteiger partial charge in [-0.05, 0) is 46.2 Å². The van der Waals surface area contributed by atoms with Gasteiger partial charge in [0.05, 0.1) is 10.8 Å². The lowest BCUT2D eigenvalue weighted by Crippen LogP contribution is -1.99. The Bertz CT molecular complexity index is 397. The Kier molecular flexibility index (Phi) is 4.94. The van der Waals surface area contributed by atoms with Crippen molar-refractivity contribution in [2.75, 3.05) is 5.75 Å². The van der Waals surface area contributed by atoms with Crippen LogP contribution in [0.1, 0.15) is 32.8 Å². The summed E-state index contributed by atoms with van der Waals surface area (Å²) in [5.41, 5.74) is 3.89. The fraction of sp³-hybridized carbons (Fsp3) is 0.429. The quantitative estimate of drug-likeness (QED) is 0.726. The second-order valence-corrected chi connectivity index (χ2v) is 5.96. The smallest absolute Gasteiger partial charge is 0.0532 e.